The summed E-state index contributed by atoms with van der Waals surface area (Å²) in [5, 5.41) is 7.69. The van der Waals surface area contributed by atoms with Crippen LogP contribution in [-0.4, -0.2) is 37.4 Å². The normalized spacial score (nSPS) is 22.6. The van der Waals surface area contributed by atoms with Crippen molar-refractivity contribution in [3.8, 4) is 0 Å². The molecule has 1 fully saturated rings. The maximum atomic E-state index is 12.4. The van der Waals surface area contributed by atoms with Gasteiger partial charge in [0, 0.05) is 16.5 Å². The highest BCUT2D eigenvalue weighted by Gasteiger charge is 2.53. The van der Waals surface area contributed by atoms with Crippen LogP contribution in [0.4, 0.5) is 0 Å². The zero-order valence-electron chi connectivity index (χ0n) is 15.7. The van der Waals surface area contributed by atoms with Crippen molar-refractivity contribution < 1.29 is 24.0 Å². The fourth-order valence-electron chi connectivity index (χ4n) is 2.81. The van der Waals surface area contributed by atoms with E-state index in [9.17, 15) is 9.59 Å². The Hall–Kier alpha value is -2.70. The predicted octanol–water partition coefficient (Wildman–Crippen LogP) is 2.72. The van der Waals surface area contributed by atoms with E-state index < -0.39 is 5.97 Å². The van der Waals surface area contributed by atoms with Crippen LogP contribution in [0.1, 0.15) is 38.3 Å². The largest absolute Gasteiger partial charge is 0.464 e. The van der Waals surface area contributed by atoms with Gasteiger partial charge >= 0.3 is 5.97 Å². The maximum absolute atomic E-state index is 12.4. The third-order valence-corrected chi connectivity index (χ3v) is 4.76. The molecule has 0 N–H and O–H groups in total. The highest BCUT2D eigenvalue weighted by Crippen LogP contribution is 2.52. The molecule has 1 saturated carbocycles. The Kier molecular flexibility index (Phi) is 6.13. The first-order valence-electron chi connectivity index (χ1n) is 8.34. The molecule has 7 nitrogen and oxygen atoms in total. The number of methoxy groups -OCH3 is 1. The highest BCUT2D eigenvalue weighted by molar-refractivity contribution is 6.43. The molecule has 2 unspecified atom stereocenters. The lowest BCUT2D eigenvalue weighted by Crippen LogP contribution is -2.22. The van der Waals surface area contributed by atoms with Crippen molar-refractivity contribution in [2.75, 3.05) is 14.2 Å². The van der Waals surface area contributed by atoms with Crippen molar-refractivity contribution in [2.24, 2.45) is 21.6 Å². The first-order chi connectivity index (χ1) is 12.3. The molecule has 0 bridgehead atoms. The van der Waals surface area contributed by atoms with Crippen LogP contribution < -0.4 is 0 Å². The SMILES string of the molecule is CO/N=C(/C(=O)OC)c1ccccc1CO/N=C(\C)C(=O)C1(C)CC1C. The number of ketones is 1. The molecule has 1 aliphatic rings. The molecular weight excluding hydrogens is 336 g/mol. The molecule has 0 heterocycles. The molecule has 7 heteroatoms. The molecule has 1 aliphatic carbocycles. The number of Topliss-reactive ketones (excluding diaryl/α,β-unsaturated/α-hetero) is 1. The van der Waals surface area contributed by atoms with Crippen molar-refractivity contribution in [2.45, 2.75) is 33.8 Å². The van der Waals surface area contributed by atoms with Gasteiger partial charge in [0.1, 0.15) is 19.4 Å². The van der Waals surface area contributed by atoms with Gasteiger partial charge in [0.2, 0.25) is 0 Å². The average Bonchev–Trinajstić information content (AvgIpc) is 3.26. The lowest BCUT2D eigenvalue weighted by atomic mass is 9.98. The van der Waals surface area contributed by atoms with Gasteiger partial charge in [0.05, 0.1) is 7.11 Å². The molecule has 0 spiro atoms. The van der Waals surface area contributed by atoms with Gasteiger partial charge in [0.25, 0.3) is 0 Å². The minimum absolute atomic E-state index is 0.00878. The van der Waals surface area contributed by atoms with E-state index in [1.165, 1.54) is 14.2 Å². The second-order valence-corrected chi connectivity index (χ2v) is 6.57. The summed E-state index contributed by atoms with van der Waals surface area (Å²) in [6.45, 7) is 5.72. The van der Waals surface area contributed by atoms with Crippen molar-refractivity contribution in [1.29, 1.82) is 0 Å². The third kappa shape index (κ3) is 4.09. The molecule has 0 aliphatic heterocycles. The fraction of sp³-hybridized carbons (Fsp3) is 0.474. The Morgan fingerprint density at radius 1 is 1.23 bits per heavy atom. The smallest absolute Gasteiger partial charge is 0.360 e. The summed E-state index contributed by atoms with van der Waals surface area (Å²) in [5.74, 6) is -0.243. The summed E-state index contributed by atoms with van der Waals surface area (Å²) in [6.07, 6.45) is 0.873. The molecule has 140 valence electrons. The van der Waals surface area contributed by atoms with Crippen LogP contribution >= 0.6 is 0 Å². The lowest BCUT2D eigenvalue weighted by Gasteiger charge is -2.10. The van der Waals surface area contributed by atoms with Crippen LogP contribution in [0.3, 0.4) is 0 Å². The minimum atomic E-state index is -0.621. The van der Waals surface area contributed by atoms with E-state index in [4.69, 9.17) is 14.4 Å². The summed E-state index contributed by atoms with van der Waals surface area (Å²) in [7, 11) is 2.62. The first-order valence-corrected chi connectivity index (χ1v) is 8.34. The van der Waals surface area contributed by atoms with Crippen LogP contribution in [-0.2, 0) is 30.6 Å². The van der Waals surface area contributed by atoms with E-state index in [0.29, 0.717) is 22.8 Å². The van der Waals surface area contributed by atoms with Gasteiger partial charge in [-0.2, -0.15) is 0 Å². The Morgan fingerprint density at radius 2 is 1.88 bits per heavy atom. The van der Waals surface area contributed by atoms with Crippen LogP contribution in [0.2, 0.25) is 0 Å². The van der Waals surface area contributed by atoms with Crippen molar-refractivity contribution >= 4 is 23.2 Å². The molecule has 2 rings (SSSR count). The standard InChI is InChI=1S/C19H24N2O5/c1-12-10-19(12,3)17(22)13(2)20-26-11-14-8-6-7-9-15(14)16(21-25-5)18(23)24-4/h6-9,12H,10-11H2,1-5H3/b20-13+,21-16+. The average molecular weight is 360 g/mol. The number of carbonyl (C=O) groups excluding carboxylic acids is 2. The topological polar surface area (TPSA) is 86.6 Å². The van der Waals surface area contributed by atoms with Crippen molar-refractivity contribution in [3.05, 3.63) is 35.4 Å². The Labute approximate surface area is 153 Å². The Balaban J connectivity index is 2.13. The van der Waals surface area contributed by atoms with Crippen LogP contribution in [0.15, 0.2) is 34.6 Å². The van der Waals surface area contributed by atoms with Gasteiger partial charge in [0.15, 0.2) is 11.5 Å². The van der Waals surface area contributed by atoms with Gasteiger partial charge in [-0.1, -0.05) is 48.4 Å². The van der Waals surface area contributed by atoms with Crippen molar-refractivity contribution in [1.82, 2.24) is 0 Å². The van der Waals surface area contributed by atoms with Crippen LogP contribution in [0.25, 0.3) is 0 Å². The zero-order valence-corrected chi connectivity index (χ0v) is 15.7. The van der Waals surface area contributed by atoms with E-state index in [1.54, 1.807) is 31.2 Å². The van der Waals surface area contributed by atoms with E-state index in [-0.39, 0.29) is 23.5 Å². The summed E-state index contributed by atoms with van der Waals surface area (Å²) < 4.78 is 4.74. The molecule has 1 aromatic rings. The monoisotopic (exact) mass is 360 g/mol. The van der Waals surface area contributed by atoms with E-state index >= 15 is 0 Å². The van der Waals surface area contributed by atoms with Gasteiger partial charge in [-0.3, -0.25) is 4.79 Å². The molecule has 0 saturated heterocycles. The van der Waals surface area contributed by atoms with Gasteiger partial charge in [-0.25, -0.2) is 4.79 Å². The Bertz CT molecular complexity index is 756. The number of hydrogen-bond donors (Lipinski definition) is 0. The van der Waals surface area contributed by atoms with Gasteiger partial charge in [-0.05, 0) is 19.3 Å². The third-order valence-electron chi connectivity index (χ3n) is 4.76. The molecule has 2 atom stereocenters. The molecule has 26 heavy (non-hydrogen) atoms. The van der Waals surface area contributed by atoms with Gasteiger partial charge < -0.3 is 14.4 Å². The summed E-state index contributed by atoms with van der Waals surface area (Å²) >= 11 is 0. The lowest BCUT2D eigenvalue weighted by molar-refractivity contribution is -0.132. The first kappa shape index (κ1) is 19.6. The summed E-state index contributed by atoms with van der Waals surface area (Å²) in [6, 6.07) is 7.06. The second kappa shape index (κ2) is 8.12. The minimum Gasteiger partial charge on any atom is -0.464 e. The summed E-state index contributed by atoms with van der Waals surface area (Å²) in [4.78, 5) is 34.4. The van der Waals surface area contributed by atoms with Crippen LogP contribution in [0, 0.1) is 11.3 Å². The number of carbonyl (C=O) groups is 2. The zero-order chi connectivity index (χ0) is 19.3. The number of nitrogens with zero attached hydrogens (tertiary/aromatic N) is 2. The number of oxime groups is 2. The number of ether oxygens (including phenoxy) is 1. The number of rotatable bonds is 8. The molecule has 1 aromatic carbocycles. The maximum Gasteiger partial charge on any atom is 0.360 e. The molecule has 0 aromatic heterocycles. The highest BCUT2D eigenvalue weighted by atomic mass is 16.6. The molecule has 0 amide bonds. The Morgan fingerprint density at radius 3 is 2.46 bits per heavy atom. The second-order valence-electron chi connectivity index (χ2n) is 6.57. The quantitative estimate of drug-likeness (QED) is 0.404. The fourth-order valence-corrected chi connectivity index (χ4v) is 2.81. The number of esters is 1. The molecule has 0 radical (unpaired) electrons. The predicted molar refractivity (Wildman–Crippen MR) is 96.8 cm³/mol. The number of benzene rings is 1. The van der Waals surface area contributed by atoms with E-state index in [0.717, 1.165) is 6.42 Å². The van der Waals surface area contributed by atoms with E-state index in [1.807, 2.05) is 13.8 Å². The number of hydrogen-bond acceptors (Lipinski definition) is 7. The molecular formula is C19H24N2O5. The van der Waals surface area contributed by atoms with E-state index in [2.05, 4.69) is 10.3 Å². The van der Waals surface area contributed by atoms with Gasteiger partial charge in [-0.15, -0.1) is 0 Å². The van der Waals surface area contributed by atoms with Crippen molar-refractivity contribution in [3.63, 3.8) is 0 Å². The van der Waals surface area contributed by atoms with Crippen LogP contribution in [0.5, 0.6) is 0 Å². The summed E-state index contributed by atoms with van der Waals surface area (Å²) in [5.41, 5.74) is 1.24.